The smallest absolute Gasteiger partial charge is 0.198 e. The van der Waals surface area contributed by atoms with Crippen LogP contribution in [0.4, 0.5) is 0 Å². The number of hydrogen-bond acceptors (Lipinski definition) is 3. The van der Waals surface area contributed by atoms with Crippen molar-refractivity contribution < 1.29 is 4.79 Å². The summed E-state index contributed by atoms with van der Waals surface area (Å²) in [6, 6.07) is 1.67. The molecule has 0 aliphatic rings. The highest BCUT2D eigenvalue weighted by Crippen LogP contribution is 2.13. The molecule has 0 fully saturated rings. The summed E-state index contributed by atoms with van der Waals surface area (Å²) in [7, 11) is 0. The lowest BCUT2D eigenvalue weighted by molar-refractivity contribution is 0.0974. The molecule has 1 aromatic rings. The van der Waals surface area contributed by atoms with Crippen molar-refractivity contribution in [3.05, 3.63) is 24.3 Å². The first-order valence-corrected chi connectivity index (χ1v) is 9.57. The van der Waals surface area contributed by atoms with E-state index in [1.54, 1.807) is 12.3 Å². The van der Waals surface area contributed by atoms with Crippen molar-refractivity contribution in [1.82, 2.24) is 9.97 Å². The second-order valence-electron chi connectivity index (χ2n) is 6.46. The summed E-state index contributed by atoms with van der Waals surface area (Å²) in [6.45, 7) is 2.27. The number of Topliss-reactive ketones (excluding diaryl/α,β-unsaturated/α-hetero) is 1. The SMILES string of the molecule is CCCCCCCCCCCCCCCC(=O)c1ccn[c]n1. The molecular weight excluding hydrogens is 284 g/mol. The summed E-state index contributed by atoms with van der Waals surface area (Å²) in [5.41, 5.74) is 0.499. The Kier molecular flexibility index (Phi) is 12.4. The van der Waals surface area contributed by atoms with Crippen molar-refractivity contribution in [2.24, 2.45) is 0 Å². The van der Waals surface area contributed by atoms with Crippen LogP contribution in [0.2, 0.25) is 0 Å². The number of carbonyl (C=O) groups excluding carboxylic acids is 1. The summed E-state index contributed by atoms with van der Waals surface area (Å²) >= 11 is 0. The van der Waals surface area contributed by atoms with E-state index < -0.39 is 0 Å². The maximum absolute atomic E-state index is 11.8. The fourth-order valence-corrected chi connectivity index (χ4v) is 2.85. The molecule has 0 saturated heterocycles. The Balaban J connectivity index is 1.82. The minimum atomic E-state index is 0.117. The Bertz CT molecular complexity index is 392. The van der Waals surface area contributed by atoms with Gasteiger partial charge in [0.05, 0.1) is 0 Å². The molecule has 23 heavy (non-hydrogen) atoms. The number of aromatic nitrogens is 2. The van der Waals surface area contributed by atoms with E-state index in [0.717, 1.165) is 12.8 Å². The summed E-state index contributed by atoms with van der Waals surface area (Å²) in [4.78, 5) is 19.4. The van der Waals surface area contributed by atoms with Gasteiger partial charge < -0.3 is 0 Å². The standard InChI is InChI=1S/C20H33N2O/c1-2-3-4-5-6-7-8-9-10-11-12-13-14-15-20(23)19-16-17-21-18-22-19/h16-17H,2-15H2,1H3. The van der Waals surface area contributed by atoms with Gasteiger partial charge in [-0.1, -0.05) is 84.0 Å². The molecule has 0 N–H and O–H groups in total. The normalized spacial score (nSPS) is 10.8. The first kappa shape index (κ1) is 19.8. The van der Waals surface area contributed by atoms with E-state index in [9.17, 15) is 4.79 Å². The van der Waals surface area contributed by atoms with E-state index in [2.05, 4.69) is 23.2 Å². The Labute approximate surface area is 142 Å². The summed E-state index contributed by atoms with van der Waals surface area (Å²) in [5, 5.41) is 0. The van der Waals surface area contributed by atoms with Crippen LogP contribution in [0.25, 0.3) is 0 Å². The van der Waals surface area contributed by atoms with Gasteiger partial charge in [-0.05, 0) is 12.5 Å². The second kappa shape index (κ2) is 14.3. The van der Waals surface area contributed by atoms with Gasteiger partial charge in [-0.2, -0.15) is 0 Å². The maximum Gasteiger partial charge on any atom is 0.198 e. The molecule has 1 heterocycles. The van der Waals surface area contributed by atoms with E-state index in [1.807, 2.05) is 0 Å². The van der Waals surface area contributed by atoms with E-state index >= 15 is 0 Å². The average molecular weight is 317 g/mol. The molecule has 0 unspecified atom stereocenters. The van der Waals surface area contributed by atoms with Crippen molar-refractivity contribution in [1.29, 1.82) is 0 Å². The predicted octanol–water partition coefficient (Wildman–Crippen LogP) is 5.94. The Morgan fingerprint density at radius 1 is 0.870 bits per heavy atom. The molecule has 0 aliphatic carbocycles. The van der Waals surface area contributed by atoms with Crippen molar-refractivity contribution in [3.63, 3.8) is 0 Å². The maximum atomic E-state index is 11.8. The molecule has 0 aliphatic heterocycles. The fraction of sp³-hybridized carbons (Fsp3) is 0.750. The van der Waals surface area contributed by atoms with Crippen molar-refractivity contribution in [3.8, 4) is 0 Å². The zero-order valence-corrected chi connectivity index (χ0v) is 14.9. The Morgan fingerprint density at radius 2 is 1.39 bits per heavy atom. The Morgan fingerprint density at radius 3 is 1.87 bits per heavy atom. The zero-order valence-electron chi connectivity index (χ0n) is 14.9. The van der Waals surface area contributed by atoms with Crippen LogP contribution in [-0.4, -0.2) is 15.8 Å². The van der Waals surface area contributed by atoms with Crippen LogP contribution >= 0.6 is 0 Å². The van der Waals surface area contributed by atoms with Gasteiger partial charge in [0.1, 0.15) is 5.69 Å². The summed E-state index contributed by atoms with van der Waals surface area (Å²) in [5.74, 6) is 0.117. The Hall–Kier alpha value is -1.25. The molecule has 129 valence electrons. The zero-order chi connectivity index (χ0) is 16.6. The molecule has 0 bridgehead atoms. The van der Waals surface area contributed by atoms with E-state index in [1.165, 1.54) is 70.6 Å². The lowest BCUT2D eigenvalue weighted by atomic mass is 10.0. The predicted molar refractivity (Wildman–Crippen MR) is 95.5 cm³/mol. The third-order valence-electron chi connectivity index (χ3n) is 4.33. The van der Waals surface area contributed by atoms with Crippen LogP contribution in [0.15, 0.2) is 12.3 Å². The van der Waals surface area contributed by atoms with Crippen LogP contribution < -0.4 is 0 Å². The molecule has 0 aromatic carbocycles. The molecule has 3 nitrogen and oxygen atoms in total. The number of hydrogen-bond donors (Lipinski definition) is 0. The number of rotatable bonds is 15. The monoisotopic (exact) mass is 317 g/mol. The van der Waals surface area contributed by atoms with Crippen LogP contribution in [0.1, 0.15) is 107 Å². The second-order valence-corrected chi connectivity index (χ2v) is 6.46. The van der Waals surface area contributed by atoms with Crippen LogP contribution in [0.5, 0.6) is 0 Å². The van der Waals surface area contributed by atoms with E-state index in [-0.39, 0.29) is 5.78 Å². The molecular formula is C20H33N2O. The van der Waals surface area contributed by atoms with Gasteiger partial charge in [0, 0.05) is 12.6 Å². The fourth-order valence-electron chi connectivity index (χ4n) is 2.85. The number of ketones is 1. The average Bonchev–Trinajstić information content (AvgIpc) is 2.59. The van der Waals surface area contributed by atoms with Crippen LogP contribution in [0, 0.1) is 6.33 Å². The number of unbranched alkanes of at least 4 members (excludes halogenated alkanes) is 12. The first-order chi connectivity index (χ1) is 11.3. The highest BCUT2D eigenvalue weighted by Gasteiger charge is 2.06. The third-order valence-corrected chi connectivity index (χ3v) is 4.33. The summed E-state index contributed by atoms with van der Waals surface area (Å²) < 4.78 is 0. The molecule has 1 rings (SSSR count). The molecule has 1 aromatic heterocycles. The van der Waals surface area contributed by atoms with E-state index in [0.29, 0.717) is 12.1 Å². The lowest BCUT2D eigenvalue weighted by Crippen LogP contribution is -2.02. The van der Waals surface area contributed by atoms with Crippen molar-refractivity contribution >= 4 is 5.78 Å². The molecule has 3 heteroatoms. The van der Waals surface area contributed by atoms with Crippen LogP contribution in [-0.2, 0) is 0 Å². The van der Waals surface area contributed by atoms with Gasteiger partial charge in [0.2, 0.25) is 0 Å². The van der Waals surface area contributed by atoms with Crippen molar-refractivity contribution in [2.75, 3.05) is 0 Å². The summed E-state index contributed by atoms with van der Waals surface area (Å²) in [6.07, 6.45) is 21.9. The topological polar surface area (TPSA) is 42.9 Å². The molecule has 0 spiro atoms. The number of carbonyl (C=O) groups is 1. The van der Waals surface area contributed by atoms with Gasteiger partial charge in [0.15, 0.2) is 12.1 Å². The van der Waals surface area contributed by atoms with Gasteiger partial charge >= 0.3 is 0 Å². The minimum absolute atomic E-state index is 0.117. The number of nitrogens with zero attached hydrogens (tertiary/aromatic N) is 2. The molecule has 0 amide bonds. The largest absolute Gasteiger partial charge is 0.292 e. The highest BCUT2D eigenvalue weighted by atomic mass is 16.1. The lowest BCUT2D eigenvalue weighted by Gasteiger charge is -2.03. The quantitative estimate of drug-likeness (QED) is 0.297. The van der Waals surface area contributed by atoms with Gasteiger partial charge in [-0.15, -0.1) is 0 Å². The molecule has 0 saturated carbocycles. The van der Waals surface area contributed by atoms with Gasteiger partial charge in [-0.25, -0.2) is 9.97 Å². The first-order valence-electron chi connectivity index (χ1n) is 9.57. The minimum Gasteiger partial charge on any atom is -0.292 e. The molecule has 0 atom stereocenters. The van der Waals surface area contributed by atoms with Gasteiger partial charge in [0.25, 0.3) is 0 Å². The van der Waals surface area contributed by atoms with Crippen LogP contribution in [0.3, 0.4) is 0 Å². The van der Waals surface area contributed by atoms with E-state index in [4.69, 9.17) is 0 Å². The third kappa shape index (κ3) is 11.0. The van der Waals surface area contributed by atoms with Crippen molar-refractivity contribution in [2.45, 2.75) is 96.8 Å². The highest BCUT2D eigenvalue weighted by molar-refractivity contribution is 5.93. The molecule has 1 radical (unpaired) electrons. The van der Waals surface area contributed by atoms with Gasteiger partial charge in [-0.3, -0.25) is 4.79 Å².